The van der Waals surface area contributed by atoms with Gasteiger partial charge in [-0.25, -0.2) is 9.48 Å². The summed E-state index contributed by atoms with van der Waals surface area (Å²) >= 11 is 0. The van der Waals surface area contributed by atoms with Crippen LogP contribution in [0, 0.1) is 13.8 Å². The lowest BCUT2D eigenvalue weighted by atomic mass is 9.80. The molecule has 16 heteroatoms. The predicted molar refractivity (Wildman–Crippen MR) is 199 cm³/mol. The number of hydrogen-bond donors (Lipinski definition) is 7. The first-order valence-corrected chi connectivity index (χ1v) is 19.8. The largest absolute Gasteiger partial charge is 0.493 e. The van der Waals surface area contributed by atoms with E-state index in [0.29, 0.717) is 67.7 Å². The van der Waals surface area contributed by atoms with Gasteiger partial charge in [-0.2, -0.15) is 0 Å². The normalized spacial score (nSPS) is 28.5. The zero-order valence-corrected chi connectivity index (χ0v) is 32.0. The SMILES string of the molecule is Cc1cc2cc(C)c1OCCCNC(=O)CCCCCCC[C@]1(C(=O)O)C[C@H](O)[C@@H](NC(=O)Cn3cc(C4CCCCC4)nn3)[C@@H](O1)[C@H](O)[C@H](O)CNC2=O. The molecule has 1 aromatic carbocycles. The highest BCUT2D eigenvalue weighted by Gasteiger charge is 2.54. The van der Waals surface area contributed by atoms with Crippen molar-refractivity contribution in [3.63, 3.8) is 0 Å². The summed E-state index contributed by atoms with van der Waals surface area (Å²) in [5.41, 5.74) is 0.597. The van der Waals surface area contributed by atoms with Gasteiger partial charge in [0.1, 0.15) is 24.5 Å². The van der Waals surface area contributed by atoms with Crippen LogP contribution in [0.2, 0.25) is 0 Å². The summed E-state index contributed by atoms with van der Waals surface area (Å²) in [6.45, 7) is 3.75. The third-order valence-corrected chi connectivity index (χ3v) is 11.1. The van der Waals surface area contributed by atoms with Crippen LogP contribution in [0.4, 0.5) is 0 Å². The maximum Gasteiger partial charge on any atom is 0.336 e. The highest BCUT2D eigenvalue weighted by atomic mass is 16.6. The third kappa shape index (κ3) is 11.2. The van der Waals surface area contributed by atoms with Crippen molar-refractivity contribution in [3.05, 3.63) is 40.7 Å². The Hall–Kier alpha value is -4.12. The van der Waals surface area contributed by atoms with Gasteiger partial charge in [0.15, 0.2) is 5.60 Å². The summed E-state index contributed by atoms with van der Waals surface area (Å²) in [5, 5.41) is 61.3. The Balaban J connectivity index is 1.34. The lowest BCUT2D eigenvalue weighted by Gasteiger charge is -2.47. The highest BCUT2D eigenvalue weighted by Crippen LogP contribution is 2.37. The maximum absolute atomic E-state index is 13.4. The molecule has 304 valence electrons. The van der Waals surface area contributed by atoms with Crippen LogP contribution in [0.1, 0.15) is 123 Å². The Labute approximate surface area is 321 Å². The van der Waals surface area contributed by atoms with Crippen LogP contribution in [-0.4, -0.2) is 115 Å². The zero-order valence-electron chi connectivity index (χ0n) is 32.0. The highest BCUT2D eigenvalue weighted by molar-refractivity contribution is 5.95. The first-order chi connectivity index (χ1) is 26.4. The minimum Gasteiger partial charge on any atom is -0.493 e. The molecule has 2 aromatic rings. The van der Waals surface area contributed by atoms with E-state index in [1.54, 1.807) is 32.2 Å². The number of carboxylic acids is 1. The summed E-state index contributed by atoms with van der Waals surface area (Å²) in [7, 11) is 0. The average Bonchev–Trinajstić information content (AvgIpc) is 3.62. The van der Waals surface area contributed by atoms with E-state index < -0.39 is 60.4 Å². The molecule has 1 saturated heterocycles. The van der Waals surface area contributed by atoms with E-state index in [4.69, 9.17) is 9.47 Å². The summed E-state index contributed by atoms with van der Waals surface area (Å²) in [6.07, 6.45) is 4.39. The molecule has 6 atom stereocenters. The molecule has 6 rings (SSSR count). The van der Waals surface area contributed by atoms with Gasteiger partial charge in [-0.3, -0.25) is 14.4 Å². The molecule has 1 aromatic heterocycles. The van der Waals surface area contributed by atoms with Crippen LogP contribution in [0.15, 0.2) is 18.3 Å². The molecule has 2 fully saturated rings. The van der Waals surface area contributed by atoms with E-state index in [1.807, 2.05) is 0 Å². The van der Waals surface area contributed by atoms with Gasteiger partial charge in [0.25, 0.3) is 5.91 Å². The number of carbonyl (C=O) groups is 4. The van der Waals surface area contributed by atoms with Crippen LogP contribution in [0.25, 0.3) is 0 Å². The fourth-order valence-electron chi connectivity index (χ4n) is 8.02. The lowest BCUT2D eigenvalue weighted by molar-refractivity contribution is -0.229. The first-order valence-electron chi connectivity index (χ1n) is 19.8. The Bertz CT molecular complexity index is 1610. The Morgan fingerprint density at radius 3 is 2.36 bits per heavy atom. The summed E-state index contributed by atoms with van der Waals surface area (Å²) in [6, 6.07) is 1.97. The van der Waals surface area contributed by atoms with Crippen LogP contribution >= 0.6 is 0 Å². The van der Waals surface area contributed by atoms with Crippen molar-refractivity contribution < 1.29 is 49.1 Å². The summed E-state index contributed by atoms with van der Waals surface area (Å²) in [5.74, 6) is -1.62. The van der Waals surface area contributed by atoms with E-state index in [9.17, 15) is 39.6 Å². The lowest BCUT2D eigenvalue weighted by Crippen LogP contribution is -2.67. The number of carboxylic acid groups (broad SMARTS) is 1. The minimum atomic E-state index is -1.93. The van der Waals surface area contributed by atoms with Gasteiger partial charge >= 0.3 is 5.97 Å². The number of nitrogens with one attached hydrogen (secondary N) is 3. The van der Waals surface area contributed by atoms with E-state index in [-0.39, 0.29) is 31.2 Å². The molecule has 55 heavy (non-hydrogen) atoms. The molecule has 3 amide bonds. The van der Waals surface area contributed by atoms with Gasteiger partial charge in [0.2, 0.25) is 11.8 Å². The van der Waals surface area contributed by atoms with Gasteiger partial charge < -0.3 is 45.9 Å². The number of nitrogens with zero attached hydrogens (tertiary/aromatic N) is 3. The molecule has 3 aliphatic heterocycles. The monoisotopic (exact) mass is 770 g/mol. The van der Waals surface area contributed by atoms with Crippen molar-refractivity contribution >= 4 is 23.7 Å². The molecule has 1 saturated carbocycles. The Morgan fingerprint density at radius 1 is 0.945 bits per heavy atom. The molecule has 16 nitrogen and oxygen atoms in total. The van der Waals surface area contributed by atoms with Crippen LogP contribution < -0.4 is 20.7 Å². The van der Waals surface area contributed by atoms with Crippen molar-refractivity contribution in [2.45, 2.75) is 152 Å². The van der Waals surface area contributed by atoms with Crippen LogP contribution in [0.5, 0.6) is 5.75 Å². The Kier molecular flexibility index (Phi) is 15.0. The van der Waals surface area contributed by atoms with Crippen molar-refractivity contribution in [3.8, 4) is 5.75 Å². The molecule has 0 spiro atoms. The van der Waals surface area contributed by atoms with Gasteiger partial charge in [0, 0.05) is 43.6 Å². The number of aliphatic carboxylic acids is 1. The van der Waals surface area contributed by atoms with Gasteiger partial charge in [-0.05, 0) is 75.6 Å². The second kappa shape index (κ2) is 19.6. The van der Waals surface area contributed by atoms with Crippen molar-refractivity contribution in [2.24, 2.45) is 0 Å². The maximum atomic E-state index is 13.4. The minimum absolute atomic E-state index is 0.00370. The number of amides is 3. The summed E-state index contributed by atoms with van der Waals surface area (Å²) in [4.78, 5) is 51.8. The van der Waals surface area contributed by atoms with Gasteiger partial charge in [0.05, 0.1) is 30.6 Å². The predicted octanol–water partition coefficient (Wildman–Crippen LogP) is 2.18. The Morgan fingerprint density at radius 2 is 1.64 bits per heavy atom. The molecule has 4 aliphatic rings. The fourth-order valence-corrected chi connectivity index (χ4v) is 8.02. The third-order valence-electron chi connectivity index (χ3n) is 11.1. The smallest absolute Gasteiger partial charge is 0.336 e. The number of hydrogen-bond acceptors (Lipinski definition) is 11. The second-order valence-electron chi connectivity index (χ2n) is 15.4. The van der Waals surface area contributed by atoms with Gasteiger partial charge in [-0.1, -0.05) is 43.7 Å². The van der Waals surface area contributed by atoms with E-state index >= 15 is 0 Å². The molecular formula is C39H58N6O10. The topological polar surface area (TPSA) is 234 Å². The number of aromatic nitrogens is 3. The molecule has 0 radical (unpaired) electrons. The number of aliphatic hydroxyl groups excluding tert-OH is 3. The molecule has 1 aliphatic carbocycles. The molecule has 4 heterocycles. The van der Waals surface area contributed by atoms with Gasteiger partial charge in [-0.15, -0.1) is 5.10 Å². The second-order valence-corrected chi connectivity index (χ2v) is 15.4. The average molecular weight is 771 g/mol. The number of aliphatic hydroxyl groups is 3. The number of carbonyl (C=O) groups excluding carboxylic acids is 3. The first kappa shape index (κ1) is 42.0. The molecule has 4 bridgehead atoms. The standard InChI is InChI=1S/C39H58N6O10/c1-24-18-27-19-25(2)35(24)54-17-11-16-40-31(48)14-9-4-3-5-10-15-39(38(52)53)20-29(46)33(36(55-39)34(50)30(47)21-41-37(27)51)42-32(49)23-45-22-28(43-44-45)26-12-7-6-8-13-26/h18-19,22,26,29-30,33-34,36,46-47,50H,3-17,20-21,23H2,1-2H3,(H,40,48)(H,41,51)(H,42,49)(H,52,53)/t29-,30+,33+,34+,36+,39+/m0/s1. The van der Waals surface area contributed by atoms with E-state index in [1.165, 1.54) is 11.1 Å². The molecular weight excluding hydrogens is 712 g/mol. The number of rotatable bonds is 5. The molecule has 0 unspecified atom stereocenters. The number of benzene rings is 1. The van der Waals surface area contributed by atoms with E-state index in [0.717, 1.165) is 44.2 Å². The van der Waals surface area contributed by atoms with Crippen LogP contribution in [-0.2, 0) is 25.7 Å². The van der Waals surface area contributed by atoms with E-state index in [2.05, 4.69) is 26.3 Å². The fraction of sp³-hybridized carbons (Fsp3) is 0.692. The number of fused-ring (bicyclic) bond motifs is 18. The van der Waals surface area contributed by atoms with Crippen molar-refractivity contribution in [1.82, 2.24) is 30.9 Å². The van der Waals surface area contributed by atoms with Crippen molar-refractivity contribution in [1.29, 1.82) is 0 Å². The quantitative estimate of drug-likeness (QED) is 0.232. The van der Waals surface area contributed by atoms with Crippen LogP contribution in [0.3, 0.4) is 0 Å². The number of aryl methyl sites for hydroxylation is 2. The summed E-state index contributed by atoms with van der Waals surface area (Å²) < 4.78 is 13.5. The zero-order chi connectivity index (χ0) is 39.5. The number of ether oxygens (including phenoxy) is 2. The van der Waals surface area contributed by atoms with Crippen molar-refractivity contribution in [2.75, 3.05) is 19.7 Å². The molecule has 7 N–H and O–H groups in total.